The molecule has 6 nitrogen and oxygen atoms in total. The third kappa shape index (κ3) is 5.14. The van der Waals surface area contributed by atoms with Crippen molar-refractivity contribution in [1.82, 2.24) is 9.97 Å². The van der Waals surface area contributed by atoms with Crippen molar-refractivity contribution in [3.05, 3.63) is 119 Å². The molecule has 2 aromatic heterocycles. The zero-order valence-corrected chi connectivity index (χ0v) is 21.9. The normalized spacial score (nSPS) is 11.6. The predicted molar refractivity (Wildman–Crippen MR) is 154 cm³/mol. The van der Waals surface area contributed by atoms with E-state index in [4.69, 9.17) is 19.9 Å². The molecule has 0 saturated heterocycles. The van der Waals surface area contributed by atoms with Gasteiger partial charge in [-0.3, -0.25) is 0 Å². The lowest BCUT2D eigenvalue weighted by Crippen LogP contribution is -2.22. The van der Waals surface area contributed by atoms with Crippen LogP contribution in [0.1, 0.15) is 17.2 Å². The number of nitrogens with one attached hydrogen (secondary N) is 2. The molecule has 0 aliphatic carbocycles. The summed E-state index contributed by atoms with van der Waals surface area (Å²) in [4.78, 5) is 21.2. The van der Waals surface area contributed by atoms with Gasteiger partial charge in [0, 0.05) is 50.0 Å². The van der Waals surface area contributed by atoms with Gasteiger partial charge < -0.3 is 19.9 Å². The molecule has 7 heteroatoms. The fourth-order valence-corrected chi connectivity index (χ4v) is 4.63. The van der Waals surface area contributed by atoms with Crippen molar-refractivity contribution in [1.29, 1.82) is 5.41 Å². The van der Waals surface area contributed by atoms with Gasteiger partial charge in [0.05, 0.1) is 11.3 Å². The third-order valence-electron chi connectivity index (χ3n) is 6.06. The molecule has 0 aliphatic heterocycles. The van der Waals surface area contributed by atoms with E-state index in [1.165, 1.54) is 12.3 Å². The molecular weight excluding hydrogens is 542 g/mol. The second-order valence-electron chi connectivity index (χ2n) is 8.50. The Morgan fingerprint density at radius 1 is 1.03 bits per heavy atom. The smallest absolute Gasteiger partial charge is 0.352 e. The largest absolute Gasteiger partial charge is 0.458 e. The summed E-state index contributed by atoms with van der Waals surface area (Å²) < 4.78 is 12.6. The number of rotatable bonds is 9. The summed E-state index contributed by atoms with van der Waals surface area (Å²) in [7, 11) is 0. The fourth-order valence-electron chi connectivity index (χ4n) is 4.26. The Bertz CT molecular complexity index is 1610. The van der Waals surface area contributed by atoms with Gasteiger partial charge >= 0.3 is 5.97 Å². The van der Waals surface area contributed by atoms with Crippen molar-refractivity contribution in [2.45, 2.75) is 6.10 Å². The van der Waals surface area contributed by atoms with Gasteiger partial charge in [0.2, 0.25) is 12.0 Å². The monoisotopic (exact) mass is 565 g/mol. The molecule has 188 valence electrons. The molecule has 2 N–H and O–H groups in total. The van der Waals surface area contributed by atoms with E-state index in [-0.39, 0.29) is 12.5 Å². The SMILES string of the molecule is C=CCOC(=O)C(Oc1nc(-c2ccccc2)cc(-c2c[nH]c3ccc(Br)cc23)c1C=N)c1ccccc1. The van der Waals surface area contributed by atoms with Crippen LogP contribution < -0.4 is 4.74 Å². The van der Waals surface area contributed by atoms with E-state index in [0.29, 0.717) is 16.8 Å². The van der Waals surface area contributed by atoms with E-state index >= 15 is 0 Å². The predicted octanol–water partition coefficient (Wildman–Crippen LogP) is 7.51. The lowest BCUT2D eigenvalue weighted by molar-refractivity contribution is -0.151. The fraction of sp³-hybridized carbons (Fsp3) is 0.0645. The highest BCUT2D eigenvalue weighted by Crippen LogP contribution is 2.38. The maximum absolute atomic E-state index is 13.1. The maximum atomic E-state index is 13.1. The Morgan fingerprint density at radius 3 is 2.47 bits per heavy atom. The molecule has 3 aromatic carbocycles. The number of nitrogens with zero attached hydrogens (tertiary/aromatic N) is 1. The number of fused-ring (bicyclic) bond motifs is 1. The van der Waals surface area contributed by atoms with Gasteiger partial charge in [-0.05, 0) is 24.3 Å². The van der Waals surface area contributed by atoms with Crippen molar-refractivity contribution in [2.75, 3.05) is 6.61 Å². The molecular formula is C31H24BrN3O3. The van der Waals surface area contributed by atoms with Crippen LogP contribution in [0.15, 0.2) is 108 Å². The van der Waals surface area contributed by atoms with Crippen LogP contribution >= 0.6 is 15.9 Å². The van der Waals surface area contributed by atoms with E-state index in [1.807, 2.05) is 79.0 Å². The summed E-state index contributed by atoms with van der Waals surface area (Å²) in [5, 5.41) is 9.30. The van der Waals surface area contributed by atoms with Crippen LogP contribution in [0.3, 0.4) is 0 Å². The Labute approximate surface area is 228 Å². The highest BCUT2D eigenvalue weighted by atomic mass is 79.9. The van der Waals surface area contributed by atoms with Crippen LogP contribution in [0.2, 0.25) is 0 Å². The van der Waals surface area contributed by atoms with Crippen LogP contribution in [-0.2, 0) is 9.53 Å². The zero-order valence-electron chi connectivity index (χ0n) is 20.4. The van der Waals surface area contributed by atoms with E-state index in [0.717, 1.165) is 32.1 Å². The number of pyridine rings is 1. The average molecular weight is 566 g/mol. The number of halogens is 1. The van der Waals surface area contributed by atoms with Gasteiger partial charge in [-0.15, -0.1) is 0 Å². The van der Waals surface area contributed by atoms with Gasteiger partial charge in [0.1, 0.15) is 6.61 Å². The quantitative estimate of drug-likeness (QED) is 0.110. The third-order valence-corrected chi connectivity index (χ3v) is 6.55. The first kappa shape index (κ1) is 25.2. The first-order valence-electron chi connectivity index (χ1n) is 12.0. The number of ether oxygens (including phenoxy) is 2. The lowest BCUT2D eigenvalue weighted by Gasteiger charge is -2.20. The van der Waals surface area contributed by atoms with E-state index < -0.39 is 12.1 Å². The van der Waals surface area contributed by atoms with Crippen molar-refractivity contribution in [3.8, 4) is 28.3 Å². The van der Waals surface area contributed by atoms with Gasteiger partial charge in [-0.1, -0.05) is 89.2 Å². The van der Waals surface area contributed by atoms with Gasteiger partial charge in [-0.2, -0.15) is 0 Å². The van der Waals surface area contributed by atoms with E-state index in [2.05, 4.69) is 27.5 Å². The number of hydrogen-bond acceptors (Lipinski definition) is 5. The Morgan fingerprint density at radius 2 is 1.76 bits per heavy atom. The van der Waals surface area contributed by atoms with E-state index in [1.54, 1.807) is 12.1 Å². The second kappa shape index (κ2) is 11.3. The molecule has 38 heavy (non-hydrogen) atoms. The highest BCUT2D eigenvalue weighted by molar-refractivity contribution is 9.10. The summed E-state index contributed by atoms with van der Waals surface area (Å²) in [6.45, 7) is 3.68. The summed E-state index contributed by atoms with van der Waals surface area (Å²) >= 11 is 3.57. The Kier molecular flexibility index (Phi) is 7.47. The van der Waals surface area contributed by atoms with Crippen LogP contribution in [0.25, 0.3) is 33.3 Å². The minimum atomic E-state index is -1.08. The minimum absolute atomic E-state index is 0.0515. The first-order chi connectivity index (χ1) is 18.6. The first-order valence-corrected chi connectivity index (χ1v) is 12.8. The molecule has 5 aromatic rings. The maximum Gasteiger partial charge on any atom is 0.352 e. The summed E-state index contributed by atoms with van der Waals surface area (Å²) in [5.41, 5.74) is 5.17. The Balaban J connectivity index is 1.71. The topological polar surface area (TPSA) is 88.1 Å². The van der Waals surface area contributed by atoms with Crippen molar-refractivity contribution in [3.63, 3.8) is 0 Å². The van der Waals surface area contributed by atoms with Crippen molar-refractivity contribution >= 4 is 39.0 Å². The number of H-pyrrole nitrogens is 1. The molecule has 0 spiro atoms. The molecule has 1 unspecified atom stereocenters. The van der Waals surface area contributed by atoms with Crippen LogP contribution in [0.5, 0.6) is 5.88 Å². The average Bonchev–Trinajstić information content (AvgIpc) is 3.38. The van der Waals surface area contributed by atoms with Gasteiger partial charge in [-0.25, -0.2) is 9.78 Å². The van der Waals surface area contributed by atoms with Crippen molar-refractivity contribution in [2.24, 2.45) is 0 Å². The summed E-state index contributed by atoms with van der Waals surface area (Å²) in [5.74, 6) is -0.415. The van der Waals surface area contributed by atoms with Crippen molar-refractivity contribution < 1.29 is 14.3 Å². The van der Waals surface area contributed by atoms with Gasteiger partial charge in [0.25, 0.3) is 0 Å². The zero-order chi connectivity index (χ0) is 26.5. The molecule has 0 aliphatic rings. The standard InChI is InChI=1S/C31H24BrN3O3/c1-2-15-37-31(36)29(21-11-7-4-8-12-21)38-30-25(18-33)23(17-28(35-30)20-9-5-3-6-10-20)26-19-34-27-14-13-22(32)16-24(26)27/h2-14,16-19,29,33-34H,1,15H2. The lowest BCUT2D eigenvalue weighted by atomic mass is 9.98. The summed E-state index contributed by atoms with van der Waals surface area (Å²) in [6.07, 6.45) is 3.54. The molecule has 5 rings (SSSR count). The number of carbonyl (C=O) groups excluding carboxylic acids is 1. The molecule has 0 fully saturated rings. The number of aromatic nitrogens is 2. The van der Waals surface area contributed by atoms with E-state index in [9.17, 15) is 4.79 Å². The molecule has 1 atom stereocenters. The molecule has 0 amide bonds. The highest BCUT2D eigenvalue weighted by Gasteiger charge is 2.27. The minimum Gasteiger partial charge on any atom is -0.458 e. The number of aromatic amines is 1. The summed E-state index contributed by atoms with van der Waals surface area (Å²) in [6, 6.07) is 26.8. The molecule has 0 bridgehead atoms. The molecule has 0 radical (unpaired) electrons. The molecule has 2 heterocycles. The van der Waals surface area contributed by atoms with Crippen LogP contribution in [0.4, 0.5) is 0 Å². The number of esters is 1. The Hall–Kier alpha value is -4.49. The van der Waals surface area contributed by atoms with Crippen LogP contribution in [0, 0.1) is 5.41 Å². The molecule has 0 saturated carbocycles. The van der Waals surface area contributed by atoms with Gasteiger partial charge in [0.15, 0.2) is 0 Å². The van der Waals surface area contributed by atoms with Crippen LogP contribution in [-0.4, -0.2) is 28.8 Å². The second-order valence-corrected chi connectivity index (χ2v) is 9.42. The number of hydrogen-bond donors (Lipinski definition) is 2. The number of benzene rings is 3. The number of carbonyl (C=O) groups is 1.